The van der Waals surface area contributed by atoms with Crippen LogP contribution in [0.1, 0.15) is 42.8 Å². The maximum Gasteiger partial charge on any atom is 0.417 e. The van der Waals surface area contributed by atoms with Gasteiger partial charge in [0, 0.05) is 18.2 Å². The Morgan fingerprint density at radius 2 is 1.75 bits per heavy atom. The largest absolute Gasteiger partial charge is 0.480 e. The SMILES string of the molecule is CCOC(=O)c1noc(-c2ccc(OC(C)(C)c3nnc(-c4ccccc4C(F)(F)F)n3C)cc2)n1. The zero-order chi connectivity index (χ0) is 26.1. The van der Waals surface area contributed by atoms with E-state index in [0.717, 1.165) is 6.07 Å². The predicted molar refractivity (Wildman–Crippen MR) is 121 cm³/mol. The smallest absolute Gasteiger partial charge is 0.417 e. The van der Waals surface area contributed by atoms with Gasteiger partial charge in [0.2, 0.25) is 0 Å². The van der Waals surface area contributed by atoms with Gasteiger partial charge in [0.1, 0.15) is 5.75 Å². The zero-order valence-corrected chi connectivity index (χ0v) is 19.8. The van der Waals surface area contributed by atoms with Gasteiger partial charge in [0.15, 0.2) is 17.2 Å². The van der Waals surface area contributed by atoms with Crippen molar-refractivity contribution in [2.24, 2.45) is 7.05 Å². The average Bonchev–Trinajstić information content (AvgIpc) is 3.47. The number of hydrogen-bond acceptors (Lipinski definition) is 8. The molecule has 2 aromatic heterocycles. The monoisotopic (exact) mass is 501 g/mol. The Kier molecular flexibility index (Phi) is 6.53. The molecule has 0 unspecified atom stereocenters. The van der Waals surface area contributed by atoms with Crippen LogP contribution in [0.5, 0.6) is 5.75 Å². The van der Waals surface area contributed by atoms with E-state index in [1.807, 2.05) is 0 Å². The standard InChI is InChI=1S/C24H22F3N5O4/c1-5-34-21(33)18-28-20(36-31-18)14-10-12-15(13-11-14)35-23(2,3)22-30-29-19(32(22)4)16-8-6-7-9-17(16)24(25,26)27/h6-13H,5H2,1-4H3. The first kappa shape index (κ1) is 24.9. The van der Waals surface area contributed by atoms with Crippen molar-refractivity contribution in [2.75, 3.05) is 6.61 Å². The first-order valence-corrected chi connectivity index (χ1v) is 10.9. The summed E-state index contributed by atoms with van der Waals surface area (Å²) in [6, 6.07) is 11.8. The third kappa shape index (κ3) is 4.92. The van der Waals surface area contributed by atoms with Crippen molar-refractivity contribution >= 4 is 5.97 Å². The Hall–Kier alpha value is -4.22. The van der Waals surface area contributed by atoms with Gasteiger partial charge in [0.25, 0.3) is 11.7 Å². The second kappa shape index (κ2) is 9.44. The first-order chi connectivity index (χ1) is 17.0. The van der Waals surface area contributed by atoms with E-state index in [9.17, 15) is 18.0 Å². The van der Waals surface area contributed by atoms with Crippen LogP contribution in [0.4, 0.5) is 13.2 Å². The first-order valence-electron chi connectivity index (χ1n) is 10.9. The fourth-order valence-corrected chi connectivity index (χ4v) is 3.64. The number of benzene rings is 2. The summed E-state index contributed by atoms with van der Waals surface area (Å²) >= 11 is 0. The van der Waals surface area contributed by atoms with Crippen LogP contribution in [0.15, 0.2) is 53.1 Å². The number of hydrogen-bond donors (Lipinski definition) is 0. The molecule has 12 heteroatoms. The molecule has 0 saturated carbocycles. The fourth-order valence-electron chi connectivity index (χ4n) is 3.64. The molecule has 0 N–H and O–H groups in total. The average molecular weight is 501 g/mol. The molecule has 0 bridgehead atoms. The van der Waals surface area contributed by atoms with Crippen LogP contribution in [0.3, 0.4) is 0 Å². The lowest BCUT2D eigenvalue weighted by atomic mass is 10.1. The molecule has 188 valence electrons. The number of nitrogens with zero attached hydrogens (tertiary/aromatic N) is 5. The molecular formula is C24H22F3N5O4. The molecule has 2 heterocycles. The number of carbonyl (C=O) groups excluding carboxylic acids is 1. The molecule has 0 spiro atoms. The van der Waals surface area contributed by atoms with Gasteiger partial charge < -0.3 is 18.6 Å². The number of aromatic nitrogens is 5. The lowest BCUT2D eigenvalue weighted by Crippen LogP contribution is -2.29. The van der Waals surface area contributed by atoms with Gasteiger partial charge >= 0.3 is 12.1 Å². The molecule has 0 fully saturated rings. The van der Waals surface area contributed by atoms with Crippen LogP contribution in [-0.2, 0) is 23.6 Å². The molecular weight excluding hydrogens is 479 g/mol. The highest BCUT2D eigenvalue weighted by atomic mass is 19.4. The molecule has 0 radical (unpaired) electrons. The van der Waals surface area contributed by atoms with Crippen LogP contribution < -0.4 is 4.74 Å². The summed E-state index contributed by atoms with van der Waals surface area (Å²) in [6.45, 7) is 5.32. The van der Waals surface area contributed by atoms with E-state index < -0.39 is 23.3 Å². The Morgan fingerprint density at radius 3 is 2.42 bits per heavy atom. The maximum atomic E-state index is 13.5. The Labute approximate surface area is 203 Å². The van der Waals surface area contributed by atoms with Crippen molar-refractivity contribution in [1.82, 2.24) is 24.9 Å². The molecule has 36 heavy (non-hydrogen) atoms. The Morgan fingerprint density at radius 1 is 1.06 bits per heavy atom. The minimum Gasteiger partial charge on any atom is -0.480 e. The van der Waals surface area contributed by atoms with E-state index >= 15 is 0 Å². The van der Waals surface area contributed by atoms with E-state index in [0.29, 0.717) is 17.1 Å². The molecule has 0 saturated heterocycles. The van der Waals surface area contributed by atoms with Crippen molar-refractivity contribution in [1.29, 1.82) is 0 Å². The summed E-state index contributed by atoms with van der Waals surface area (Å²) in [5.74, 6) is 0.112. The number of carbonyl (C=O) groups is 1. The number of rotatable bonds is 7. The van der Waals surface area contributed by atoms with Crippen LogP contribution in [0.2, 0.25) is 0 Å². The van der Waals surface area contributed by atoms with Gasteiger partial charge in [-0.2, -0.15) is 18.2 Å². The summed E-state index contributed by atoms with van der Waals surface area (Å²) in [7, 11) is 1.59. The van der Waals surface area contributed by atoms with E-state index in [-0.39, 0.29) is 29.7 Å². The quantitative estimate of drug-likeness (QED) is 0.324. The van der Waals surface area contributed by atoms with Crippen LogP contribution >= 0.6 is 0 Å². The Balaban J connectivity index is 1.55. The van der Waals surface area contributed by atoms with E-state index in [4.69, 9.17) is 14.0 Å². The highest BCUT2D eigenvalue weighted by molar-refractivity contribution is 5.85. The number of alkyl halides is 3. The van der Waals surface area contributed by atoms with E-state index in [1.54, 1.807) is 52.1 Å². The van der Waals surface area contributed by atoms with Crippen molar-refractivity contribution in [2.45, 2.75) is 32.5 Å². The maximum absolute atomic E-state index is 13.5. The molecule has 0 aliphatic carbocycles. The molecule has 0 atom stereocenters. The van der Waals surface area contributed by atoms with Crippen molar-refractivity contribution in [3.63, 3.8) is 0 Å². The highest BCUT2D eigenvalue weighted by Gasteiger charge is 2.36. The second-order valence-electron chi connectivity index (χ2n) is 8.23. The fraction of sp³-hybridized carbons (Fsp3) is 0.292. The van der Waals surface area contributed by atoms with Gasteiger partial charge in [-0.05, 0) is 56.3 Å². The van der Waals surface area contributed by atoms with Gasteiger partial charge in [-0.1, -0.05) is 18.2 Å². The third-order valence-corrected chi connectivity index (χ3v) is 5.25. The topological polar surface area (TPSA) is 105 Å². The molecule has 0 aliphatic rings. The number of esters is 1. The molecule has 4 aromatic rings. The molecule has 4 rings (SSSR count). The molecule has 2 aromatic carbocycles. The summed E-state index contributed by atoms with van der Waals surface area (Å²) in [4.78, 5) is 15.7. The lowest BCUT2D eigenvalue weighted by Gasteiger charge is -2.25. The lowest BCUT2D eigenvalue weighted by molar-refractivity contribution is -0.137. The minimum atomic E-state index is -4.54. The van der Waals surface area contributed by atoms with Crippen LogP contribution in [-0.4, -0.2) is 37.5 Å². The minimum absolute atomic E-state index is 0.0683. The predicted octanol–water partition coefficient (Wildman–Crippen LogP) is 5.04. The summed E-state index contributed by atoms with van der Waals surface area (Å²) in [5, 5.41) is 11.8. The van der Waals surface area contributed by atoms with Crippen LogP contribution in [0, 0.1) is 0 Å². The van der Waals surface area contributed by atoms with Crippen molar-refractivity contribution in [3.8, 4) is 28.6 Å². The van der Waals surface area contributed by atoms with Gasteiger partial charge in [-0.25, -0.2) is 4.79 Å². The molecule has 0 amide bonds. The van der Waals surface area contributed by atoms with Gasteiger partial charge in [-0.15, -0.1) is 10.2 Å². The number of ether oxygens (including phenoxy) is 2. The Bertz CT molecular complexity index is 1380. The van der Waals surface area contributed by atoms with E-state index in [1.165, 1.54) is 22.8 Å². The third-order valence-electron chi connectivity index (χ3n) is 5.25. The van der Waals surface area contributed by atoms with Gasteiger partial charge in [-0.3, -0.25) is 0 Å². The zero-order valence-electron chi connectivity index (χ0n) is 19.8. The summed E-state index contributed by atoms with van der Waals surface area (Å²) in [5.41, 5.74) is -1.37. The summed E-state index contributed by atoms with van der Waals surface area (Å²) in [6.07, 6.45) is -4.54. The van der Waals surface area contributed by atoms with Gasteiger partial charge in [0.05, 0.1) is 12.2 Å². The van der Waals surface area contributed by atoms with Crippen LogP contribution in [0.25, 0.3) is 22.8 Å². The number of halogens is 3. The molecule has 9 nitrogen and oxygen atoms in total. The van der Waals surface area contributed by atoms with E-state index in [2.05, 4.69) is 20.3 Å². The normalized spacial score (nSPS) is 12.0. The van der Waals surface area contributed by atoms with Crippen molar-refractivity contribution in [3.05, 3.63) is 65.7 Å². The highest BCUT2D eigenvalue weighted by Crippen LogP contribution is 2.37. The second-order valence-corrected chi connectivity index (χ2v) is 8.23. The van der Waals surface area contributed by atoms with Crippen molar-refractivity contribution < 1.29 is 32.0 Å². The summed E-state index contributed by atoms with van der Waals surface area (Å²) < 4.78 is 58.1. The molecule has 0 aliphatic heterocycles.